The van der Waals surface area contributed by atoms with Gasteiger partial charge in [-0.1, -0.05) is 0 Å². The largest absolute Gasteiger partial charge is 0.271 e. The number of halogens is 4. The summed E-state index contributed by atoms with van der Waals surface area (Å²) >= 11 is 0. The van der Waals surface area contributed by atoms with Gasteiger partial charge in [-0.3, -0.25) is 0 Å². The highest BCUT2D eigenvalue weighted by atomic mass is 32.2. The number of nitrogens with zero attached hydrogens (tertiary/aromatic N) is 1. The van der Waals surface area contributed by atoms with Crippen LogP contribution < -0.4 is 5.14 Å². The molecule has 0 saturated heterocycles. The Kier molecular flexibility index (Phi) is 2.95. The van der Waals surface area contributed by atoms with E-state index in [4.69, 9.17) is 0 Å². The minimum Gasteiger partial charge on any atom is -0.226 e. The fourth-order valence-electron chi connectivity index (χ4n) is 0.849. The summed E-state index contributed by atoms with van der Waals surface area (Å²) < 4.78 is 71.2. The highest BCUT2D eigenvalue weighted by Gasteiger charge is 2.27. The van der Waals surface area contributed by atoms with E-state index < -0.39 is 38.7 Å². The van der Waals surface area contributed by atoms with Gasteiger partial charge < -0.3 is 0 Å². The quantitative estimate of drug-likeness (QED) is 0.621. The van der Waals surface area contributed by atoms with Gasteiger partial charge in [0.05, 0.1) is 6.20 Å². The first kappa shape index (κ1) is 11.9. The second kappa shape index (κ2) is 3.74. The molecule has 1 rings (SSSR count). The molecule has 0 aromatic carbocycles. The van der Waals surface area contributed by atoms with E-state index in [1.807, 2.05) is 0 Å². The van der Waals surface area contributed by atoms with E-state index in [0.29, 0.717) is 0 Å². The van der Waals surface area contributed by atoms with Crippen LogP contribution in [0.2, 0.25) is 0 Å². The molecule has 0 bridgehead atoms. The number of hydrogen-bond acceptors (Lipinski definition) is 3. The number of hydrogen-bond donors (Lipinski definition) is 1. The monoisotopic (exact) mass is 244 g/mol. The maximum atomic E-state index is 13.1. The summed E-state index contributed by atoms with van der Waals surface area (Å²) in [5.41, 5.74) is -1.71. The molecular formula is C6H4F4N2O2S. The van der Waals surface area contributed by atoms with Crippen molar-refractivity contribution < 1.29 is 26.0 Å². The number of sulfonamides is 1. The van der Waals surface area contributed by atoms with Crippen LogP contribution in [0.4, 0.5) is 17.6 Å². The molecule has 0 fully saturated rings. The van der Waals surface area contributed by atoms with E-state index >= 15 is 0 Å². The molecule has 0 aliphatic carbocycles. The average Bonchev–Trinajstić information content (AvgIpc) is 2.00. The second-order valence-electron chi connectivity index (χ2n) is 2.49. The minimum absolute atomic E-state index is 0.242. The third-order valence-corrected chi connectivity index (χ3v) is 2.39. The van der Waals surface area contributed by atoms with Crippen molar-refractivity contribution in [1.82, 2.24) is 4.98 Å². The lowest BCUT2D eigenvalue weighted by Crippen LogP contribution is -2.16. The van der Waals surface area contributed by atoms with E-state index in [0.717, 1.165) is 0 Å². The Hall–Kier alpha value is -1.22. The number of alkyl halides is 2. The van der Waals surface area contributed by atoms with Crippen LogP contribution in [-0.4, -0.2) is 13.4 Å². The molecule has 1 aromatic heterocycles. The molecule has 0 atom stereocenters. The number of rotatable bonds is 2. The molecule has 0 aliphatic rings. The van der Waals surface area contributed by atoms with Crippen LogP contribution in [0.1, 0.15) is 12.0 Å². The van der Waals surface area contributed by atoms with Gasteiger partial charge >= 0.3 is 0 Å². The van der Waals surface area contributed by atoms with Crippen molar-refractivity contribution in [3.63, 3.8) is 0 Å². The molecule has 4 nitrogen and oxygen atoms in total. The summed E-state index contributed by atoms with van der Waals surface area (Å²) in [4.78, 5) is 1.42. The summed E-state index contributed by atoms with van der Waals surface area (Å²) in [7, 11) is -4.54. The summed E-state index contributed by atoms with van der Waals surface area (Å²) in [5, 5.41) is 4.50. The second-order valence-corrected chi connectivity index (χ2v) is 4.02. The lowest BCUT2D eigenvalue weighted by atomic mass is 10.3. The van der Waals surface area contributed by atoms with Gasteiger partial charge in [0.1, 0.15) is 10.5 Å². The summed E-state index contributed by atoms with van der Waals surface area (Å²) in [6.07, 6.45) is -3.27. The SMILES string of the molecule is NS(=O)(=O)c1cnc(F)c(C(F)F)c1F. The van der Waals surface area contributed by atoms with Crippen molar-refractivity contribution in [2.75, 3.05) is 0 Å². The van der Waals surface area contributed by atoms with Crippen molar-refractivity contribution in [3.05, 3.63) is 23.5 Å². The van der Waals surface area contributed by atoms with Crippen LogP contribution in [0, 0.1) is 11.8 Å². The first-order valence-corrected chi connectivity index (χ1v) is 4.94. The van der Waals surface area contributed by atoms with E-state index in [1.165, 1.54) is 0 Å². The Bertz CT molecular complexity index is 488. The van der Waals surface area contributed by atoms with Gasteiger partial charge in [0.25, 0.3) is 6.43 Å². The highest BCUT2D eigenvalue weighted by molar-refractivity contribution is 7.89. The minimum atomic E-state index is -4.54. The van der Waals surface area contributed by atoms with Gasteiger partial charge in [0.15, 0.2) is 5.82 Å². The molecule has 84 valence electrons. The van der Waals surface area contributed by atoms with Crippen LogP contribution >= 0.6 is 0 Å². The standard InChI is InChI=1S/C6H4F4N2O2S/c7-4-2(15(11,13)14)1-12-6(10)3(4)5(8)9/h1,5H,(H2,11,13,14). The van der Waals surface area contributed by atoms with Crippen molar-refractivity contribution in [3.8, 4) is 0 Å². The van der Waals surface area contributed by atoms with Crippen LogP contribution in [-0.2, 0) is 10.0 Å². The molecule has 1 heterocycles. The van der Waals surface area contributed by atoms with E-state index in [-0.39, 0.29) is 6.20 Å². The molecule has 0 aliphatic heterocycles. The maximum absolute atomic E-state index is 13.1. The van der Waals surface area contributed by atoms with E-state index in [2.05, 4.69) is 10.1 Å². The molecule has 9 heteroatoms. The summed E-state index contributed by atoms with van der Waals surface area (Å²) in [6.45, 7) is 0. The highest BCUT2D eigenvalue weighted by Crippen LogP contribution is 2.27. The van der Waals surface area contributed by atoms with Crippen LogP contribution in [0.3, 0.4) is 0 Å². The lowest BCUT2D eigenvalue weighted by molar-refractivity contribution is 0.138. The fraction of sp³-hybridized carbons (Fsp3) is 0.167. The predicted molar refractivity (Wildman–Crippen MR) is 40.5 cm³/mol. The summed E-state index contributed by atoms with van der Waals surface area (Å²) in [6, 6.07) is 0. The zero-order valence-electron chi connectivity index (χ0n) is 6.92. The van der Waals surface area contributed by atoms with Gasteiger partial charge in [0.2, 0.25) is 16.0 Å². The normalized spacial score (nSPS) is 12.1. The van der Waals surface area contributed by atoms with E-state index in [9.17, 15) is 26.0 Å². The fourth-order valence-corrected chi connectivity index (χ4v) is 1.41. The smallest absolute Gasteiger partial charge is 0.226 e. The maximum Gasteiger partial charge on any atom is 0.271 e. The Morgan fingerprint density at radius 3 is 2.27 bits per heavy atom. The van der Waals surface area contributed by atoms with Crippen molar-refractivity contribution in [2.24, 2.45) is 5.14 Å². The molecular weight excluding hydrogens is 240 g/mol. The third kappa shape index (κ3) is 2.23. The topological polar surface area (TPSA) is 73.1 Å². The van der Waals surface area contributed by atoms with Crippen molar-refractivity contribution >= 4 is 10.0 Å². The molecule has 0 amide bonds. The van der Waals surface area contributed by atoms with Gasteiger partial charge in [-0.25, -0.2) is 31.7 Å². The Morgan fingerprint density at radius 2 is 1.87 bits per heavy atom. The number of pyridine rings is 1. The zero-order valence-corrected chi connectivity index (χ0v) is 7.73. The molecule has 0 unspecified atom stereocenters. The Labute approximate surface area is 81.8 Å². The first-order chi connectivity index (χ1) is 6.75. The zero-order chi connectivity index (χ0) is 11.8. The molecule has 2 N–H and O–H groups in total. The molecule has 0 radical (unpaired) electrons. The molecule has 1 aromatic rings. The Morgan fingerprint density at radius 1 is 1.33 bits per heavy atom. The number of primary sulfonamides is 1. The lowest BCUT2D eigenvalue weighted by Gasteiger charge is -2.05. The van der Waals surface area contributed by atoms with Crippen LogP contribution in [0.15, 0.2) is 11.1 Å². The molecule has 0 spiro atoms. The first-order valence-electron chi connectivity index (χ1n) is 3.40. The van der Waals surface area contributed by atoms with Gasteiger partial charge in [-0.2, -0.15) is 4.39 Å². The van der Waals surface area contributed by atoms with Crippen molar-refractivity contribution in [1.29, 1.82) is 0 Å². The van der Waals surface area contributed by atoms with Crippen LogP contribution in [0.25, 0.3) is 0 Å². The Balaban J connectivity index is 3.56. The van der Waals surface area contributed by atoms with Crippen LogP contribution in [0.5, 0.6) is 0 Å². The van der Waals surface area contributed by atoms with Crippen molar-refractivity contribution in [2.45, 2.75) is 11.3 Å². The van der Waals surface area contributed by atoms with Gasteiger partial charge in [0, 0.05) is 0 Å². The molecule has 0 saturated carbocycles. The average molecular weight is 244 g/mol. The third-order valence-electron chi connectivity index (χ3n) is 1.49. The van der Waals surface area contributed by atoms with Gasteiger partial charge in [-0.15, -0.1) is 0 Å². The molecule has 15 heavy (non-hydrogen) atoms. The summed E-state index contributed by atoms with van der Waals surface area (Å²) in [5.74, 6) is -3.69. The predicted octanol–water partition coefficient (Wildman–Crippen LogP) is 0.945. The number of aromatic nitrogens is 1. The van der Waals surface area contributed by atoms with E-state index in [1.54, 1.807) is 0 Å². The van der Waals surface area contributed by atoms with Gasteiger partial charge in [-0.05, 0) is 0 Å². The number of nitrogens with two attached hydrogens (primary N) is 1.